The van der Waals surface area contributed by atoms with Crippen LogP contribution in [0.3, 0.4) is 0 Å². The van der Waals surface area contributed by atoms with Crippen LogP contribution < -0.4 is 10.5 Å². The van der Waals surface area contributed by atoms with Crippen molar-refractivity contribution < 1.29 is 4.74 Å². The van der Waals surface area contributed by atoms with Crippen LogP contribution in [0.5, 0.6) is 5.75 Å². The third kappa shape index (κ3) is 3.11. The minimum atomic E-state index is 0.307. The molecule has 0 aliphatic carbocycles. The van der Waals surface area contributed by atoms with E-state index in [1.165, 1.54) is 11.1 Å². The van der Waals surface area contributed by atoms with Crippen molar-refractivity contribution in [2.45, 2.75) is 27.2 Å². The van der Waals surface area contributed by atoms with Crippen molar-refractivity contribution in [2.75, 3.05) is 12.3 Å². The number of ether oxygens (including phenoxy) is 1. The highest BCUT2D eigenvalue weighted by Crippen LogP contribution is 2.26. The second-order valence-electron chi connectivity index (χ2n) is 5.80. The summed E-state index contributed by atoms with van der Waals surface area (Å²) in [6.07, 6.45) is 0.694. The monoisotopic (exact) mass is 307 g/mol. The van der Waals surface area contributed by atoms with E-state index in [1.807, 2.05) is 24.3 Å². The average Bonchev–Trinajstić information content (AvgIpc) is 2.54. The molecule has 0 unspecified atom stereocenters. The van der Waals surface area contributed by atoms with Gasteiger partial charge in [0.05, 0.1) is 17.8 Å². The minimum Gasteiger partial charge on any atom is -0.493 e. The number of hydrogen-bond donors (Lipinski definition) is 1. The van der Waals surface area contributed by atoms with E-state index in [0.29, 0.717) is 19.0 Å². The van der Waals surface area contributed by atoms with E-state index in [1.54, 1.807) is 0 Å². The first-order valence-electron chi connectivity index (χ1n) is 7.77. The molecule has 0 aliphatic heterocycles. The summed E-state index contributed by atoms with van der Waals surface area (Å²) in [5.74, 6) is 1.28. The quantitative estimate of drug-likeness (QED) is 0.797. The second-order valence-corrected chi connectivity index (χ2v) is 5.80. The Bertz CT molecular complexity index is 859. The summed E-state index contributed by atoms with van der Waals surface area (Å²) in [6.45, 7) is 6.82. The molecular formula is C19H21N3O. The molecule has 0 atom stereocenters. The number of para-hydroxylation sites is 1. The van der Waals surface area contributed by atoms with E-state index in [9.17, 15) is 0 Å². The van der Waals surface area contributed by atoms with Gasteiger partial charge in [0.25, 0.3) is 0 Å². The van der Waals surface area contributed by atoms with Gasteiger partial charge in [-0.25, -0.2) is 9.97 Å². The van der Waals surface area contributed by atoms with Gasteiger partial charge >= 0.3 is 0 Å². The molecule has 2 aromatic carbocycles. The molecule has 4 heteroatoms. The molecule has 2 N–H and O–H groups in total. The fourth-order valence-corrected chi connectivity index (χ4v) is 2.75. The molecule has 23 heavy (non-hydrogen) atoms. The predicted octanol–water partition coefficient (Wildman–Crippen LogP) is 3.76. The van der Waals surface area contributed by atoms with Gasteiger partial charge in [0.2, 0.25) is 5.95 Å². The van der Waals surface area contributed by atoms with E-state index in [-0.39, 0.29) is 0 Å². The van der Waals surface area contributed by atoms with Crippen LogP contribution in [0.4, 0.5) is 5.95 Å². The van der Waals surface area contributed by atoms with Crippen LogP contribution in [0, 0.1) is 20.8 Å². The summed E-state index contributed by atoms with van der Waals surface area (Å²) in [4.78, 5) is 8.65. The Morgan fingerprint density at radius 2 is 1.70 bits per heavy atom. The number of fused-ring (bicyclic) bond motifs is 1. The van der Waals surface area contributed by atoms with Gasteiger partial charge in [-0.1, -0.05) is 30.3 Å². The van der Waals surface area contributed by atoms with Crippen molar-refractivity contribution >= 4 is 16.9 Å². The molecule has 0 aliphatic rings. The summed E-state index contributed by atoms with van der Waals surface area (Å²) >= 11 is 0. The summed E-state index contributed by atoms with van der Waals surface area (Å²) in [7, 11) is 0. The topological polar surface area (TPSA) is 61.0 Å². The lowest BCUT2D eigenvalue weighted by atomic mass is 10.1. The highest BCUT2D eigenvalue weighted by molar-refractivity contribution is 5.81. The zero-order valence-electron chi connectivity index (χ0n) is 13.8. The predicted molar refractivity (Wildman–Crippen MR) is 93.8 cm³/mol. The molecule has 0 saturated carbocycles. The average molecular weight is 307 g/mol. The number of nitrogen functional groups attached to an aromatic ring is 1. The first-order valence-corrected chi connectivity index (χ1v) is 7.77. The number of aryl methyl sites for hydroxylation is 2. The Hall–Kier alpha value is -2.62. The molecule has 0 fully saturated rings. The van der Waals surface area contributed by atoms with Crippen LogP contribution in [0.1, 0.15) is 22.4 Å². The molecule has 0 spiro atoms. The van der Waals surface area contributed by atoms with Crippen LogP contribution >= 0.6 is 0 Å². The van der Waals surface area contributed by atoms with E-state index in [0.717, 1.165) is 27.9 Å². The molecule has 0 radical (unpaired) electrons. The Balaban J connectivity index is 1.81. The maximum atomic E-state index is 6.04. The molecule has 1 aromatic heterocycles. The number of rotatable bonds is 4. The fraction of sp³-hybridized carbons (Fsp3) is 0.263. The van der Waals surface area contributed by atoms with E-state index < -0.39 is 0 Å². The molecule has 4 nitrogen and oxygen atoms in total. The van der Waals surface area contributed by atoms with Crippen molar-refractivity contribution in [3.63, 3.8) is 0 Å². The minimum absolute atomic E-state index is 0.307. The van der Waals surface area contributed by atoms with Crippen molar-refractivity contribution in [1.29, 1.82) is 0 Å². The molecule has 0 amide bonds. The van der Waals surface area contributed by atoms with E-state index in [2.05, 4.69) is 42.9 Å². The first kappa shape index (κ1) is 15.3. The lowest BCUT2D eigenvalue weighted by Gasteiger charge is -2.14. The van der Waals surface area contributed by atoms with Crippen molar-refractivity contribution in [1.82, 2.24) is 9.97 Å². The third-order valence-corrected chi connectivity index (χ3v) is 4.16. The molecule has 0 saturated heterocycles. The largest absolute Gasteiger partial charge is 0.493 e. The van der Waals surface area contributed by atoms with Crippen LogP contribution in [-0.4, -0.2) is 16.6 Å². The molecular weight excluding hydrogens is 286 g/mol. The van der Waals surface area contributed by atoms with Crippen molar-refractivity contribution in [2.24, 2.45) is 0 Å². The Kier molecular flexibility index (Phi) is 4.15. The molecule has 0 bridgehead atoms. The summed E-state index contributed by atoms with van der Waals surface area (Å²) in [5, 5.41) is 1.03. The van der Waals surface area contributed by atoms with E-state index in [4.69, 9.17) is 10.5 Å². The van der Waals surface area contributed by atoms with Gasteiger partial charge in [-0.15, -0.1) is 0 Å². The lowest BCUT2D eigenvalue weighted by Crippen LogP contribution is -2.08. The first-order chi connectivity index (χ1) is 11.1. The van der Waals surface area contributed by atoms with Gasteiger partial charge in [0.15, 0.2) is 0 Å². The normalized spacial score (nSPS) is 10.9. The molecule has 1 heterocycles. The van der Waals surface area contributed by atoms with E-state index >= 15 is 0 Å². The Morgan fingerprint density at radius 1 is 0.957 bits per heavy atom. The second kappa shape index (κ2) is 6.24. The van der Waals surface area contributed by atoms with Gasteiger partial charge in [0.1, 0.15) is 5.75 Å². The number of hydrogen-bond acceptors (Lipinski definition) is 4. The summed E-state index contributed by atoms with van der Waals surface area (Å²) in [6, 6.07) is 12.1. The number of anilines is 1. The fourth-order valence-electron chi connectivity index (χ4n) is 2.75. The summed E-state index contributed by atoms with van der Waals surface area (Å²) < 4.78 is 6.04. The lowest BCUT2D eigenvalue weighted by molar-refractivity contribution is 0.316. The summed E-state index contributed by atoms with van der Waals surface area (Å²) in [5.41, 5.74) is 11.2. The molecule has 3 rings (SSSR count). The Morgan fingerprint density at radius 3 is 2.52 bits per heavy atom. The number of aromatic nitrogens is 2. The SMILES string of the molecule is Cc1ccc(C)c(OCCc2nc(N)nc3ccccc23)c1C. The number of nitrogens with zero attached hydrogens (tertiary/aromatic N) is 2. The van der Waals surface area contributed by atoms with Crippen LogP contribution in [0.15, 0.2) is 36.4 Å². The third-order valence-electron chi connectivity index (χ3n) is 4.16. The number of nitrogens with two attached hydrogens (primary N) is 1. The van der Waals surface area contributed by atoms with Crippen LogP contribution in [0.25, 0.3) is 10.9 Å². The van der Waals surface area contributed by atoms with Crippen molar-refractivity contribution in [3.05, 3.63) is 58.8 Å². The zero-order chi connectivity index (χ0) is 16.4. The highest BCUT2D eigenvalue weighted by atomic mass is 16.5. The van der Waals surface area contributed by atoms with Crippen LogP contribution in [-0.2, 0) is 6.42 Å². The van der Waals surface area contributed by atoms with Gasteiger partial charge < -0.3 is 10.5 Å². The van der Waals surface area contributed by atoms with Gasteiger partial charge in [-0.2, -0.15) is 0 Å². The Labute approximate surface area is 136 Å². The number of benzene rings is 2. The van der Waals surface area contributed by atoms with Crippen LogP contribution in [0.2, 0.25) is 0 Å². The van der Waals surface area contributed by atoms with Crippen molar-refractivity contribution in [3.8, 4) is 5.75 Å². The maximum absolute atomic E-state index is 6.04. The van der Waals surface area contributed by atoms with Gasteiger partial charge in [-0.3, -0.25) is 0 Å². The molecule has 3 aromatic rings. The maximum Gasteiger partial charge on any atom is 0.220 e. The highest BCUT2D eigenvalue weighted by Gasteiger charge is 2.09. The molecule has 118 valence electrons. The smallest absolute Gasteiger partial charge is 0.220 e. The standard InChI is InChI=1S/C19H21N3O/c1-12-8-9-13(2)18(14(12)3)23-11-10-17-15-6-4-5-7-16(15)21-19(20)22-17/h4-9H,10-11H2,1-3H3,(H2,20,21,22). The zero-order valence-corrected chi connectivity index (χ0v) is 13.8. The van der Waals surface area contributed by atoms with Gasteiger partial charge in [-0.05, 0) is 43.5 Å². The van der Waals surface area contributed by atoms with Gasteiger partial charge in [0, 0.05) is 11.8 Å².